The van der Waals surface area contributed by atoms with E-state index in [0.717, 1.165) is 22.6 Å². The van der Waals surface area contributed by atoms with Gasteiger partial charge in [0.1, 0.15) is 5.75 Å². The number of ether oxygens (including phenoxy) is 1. The van der Waals surface area contributed by atoms with Crippen molar-refractivity contribution in [2.24, 2.45) is 0 Å². The molecule has 7 nitrogen and oxygen atoms in total. The second-order valence-corrected chi connectivity index (χ2v) is 7.63. The smallest absolute Gasteiger partial charge is 0.234 e. The molecular formula is C23H21N5O2S. The molecule has 156 valence electrons. The van der Waals surface area contributed by atoms with Crippen LogP contribution in [0.25, 0.3) is 11.4 Å². The van der Waals surface area contributed by atoms with Gasteiger partial charge in [0.15, 0.2) is 11.0 Å². The minimum Gasteiger partial charge on any atom is -0.497 e. The number of hydrogen-bond acceptors (Lipinski definition) is 6. The van der Waals surface area contributed by atoms with Gasteiger partial charge in [0, 0.05) is 23.6 Å². The highest BCUT2D eigenvalue weighted by Gasteiger charge is 2.16. The van der Waals surface area contributed by atoms with Gasteiger partial charge in [-0.05, 0) is 42.0 Å². The van der Waals surface area contributed by atoms with E-state index in [1.54, 1.807) is 19.5 Å². The molecule has 2 aromatic carbocycles. The molecule has 0 saturated carbocycles. The van der Waals surface area contributed by atoms with Gasteiger partial charge in [0.05, 0.1) is 19.4 Å². The van der Waals surface area contributed by atoms with Crippen LogP contribution >= 0.6 is 11.8 Å². The van der Waals surface area contributed by atoms with Gasteiger partial charge in [-0.3, -0.25) is 14.3 Å². The Kier molecular flexibility index (Phi) is 6.59. The fraction of sp³-hybridized carbons (Fsp3) is 0.130. The second kappa shape index (κ2) is 9.90. The quantitative estimate of drug-likeness (QED) is 0.423. The Morgan fingerprint density at radius 3 is 2.55 bits per heavy atom. The zero-order valence-electron chi connectivity index (χ0n) is 16.9. The number of aromatic nitrogens is 4. The topological polar surface area (TPSA) is 81.9 Å². The average molecular weight is 432 g/mol. The van der Waals surface area contributed by atoms with Crippen molar-refractivity contribution in [3.8, 4) is 17.1 Å². The Morgan fingerprint density at radius 2 is 1.84 bits per heavy atom. The summed E-state index contributed by atoms with van der Waals surface area (Å²) >= 11 is 1.35. The van der Waals surface area contributed by atoms with Crippen molar-refractivity contribution in [2.75, 3.05) is 18.2 Å². The third-order valence-corrected chi connectivity index (χ3v) is 5.49. The number of methoxy groups -OCH3 is 1. The van der Waals surface area contributed by atoms with E-state index in [0.29, 0.717) is 17.5 Å². The molecule has 0 aliphatic heterocycles. The van der Waals surface area contributed by atoms with Crippen LogP contribution in [0.5, 0.6) is 5.75 Å². The van der Waals surface area contributed by atoms with Crippen molar-refractivity contribution in [1.82, 2.24) is 19.7 Å². The Balaban J connectivity index is 1.55. The summed E-state index contributed by atoms with van der Waals surface area (Å²) in [7, 11) is 1.64. The first-order chi connectivity index (χ1) is 15.2. The molecule has 31 heavy (non-hydrogen) atoms. The van der Waals surface area contributed by atoms with Crippen LogP contribution in [0.3, 0.4) is 0 Å². The highest BCUT2D eigenvalue weighted by atomic mass is 32.2. The number of carbonyl (C=O) groups excluding carboxylic acids is 1. The number of para-hydroxylation sites is 1. The number of rotatable bonds is 8. The van der Waals surface area contributed by atoms with E-state index in [-0.39, 0.29) is 11.7 Å². The van der Waals surface area contributed by atoms with Gasteiger partial charge in [0.25, 0.3) is 0 Å². The summed E-state index contributed by atoms with van der Waals surface area (Å²) in [4.78, 5) is 16.6. The van der Waals surface area contributed by atoms with Crippen molar-refractivity contribution in [2.45, 2.75) is 11.7 Å². The van der Waals surface area contributed by atoms with Crippen LogP contribution in [0, 0.1) is 0 Å². The first-order valence-corrected chi connectivity index (χ1v) is 10.7. The minimum absolute atomic E-state index is 0.0990. The van der Waals surface area contributed by atoms with Crippen molar-refractivity contribution < 1.29 is 9.53 Å². The summed E-state index contributed by atoms with van der Waals surface area (Å²) < 4.78 is 7.25. The number of amides is 1. The van der Waals surface area contributed by atoms with Crippen molar-refractivity contribution >= 4 is 23.4 Å². The third-order valence-electron chi connectivity index (χ3n) is 4.53. The summed E-state index contributed by atoms with van der Waals surface area (Å²) in [6.45, 7) is 0.559. The van der Waals surface area contributed by atoms with Crippen LogP contribution < -0.4 is 10.1 Å². The van der Waals surface area contributed by atoms with E-state index >= 15 is 0 Å². The number of pyridine rings is 1. The number of carbonyl (C=O) groups is 1. The van der Waals surface area contributed by atoms with E-state index in [9.17, 15) is 4.79 Å². The van der Waals surface area contributed by atoms with Crippen LogP contribution in [-0.4, -0.2) is 38.5 Å². The highest BCUT2D eigenvalue weighted by molar-refractivity contribution is 7.99. The van der Waals surface area contributed by atoms with E-state index in [1.807, 2.05) is 71.3 Å². The molecule has 0 unspecified atom stereocenters. The fourth-order valence-electron chi connectivity index (χ4n) is 3.01. The molecule has 1 N–H and O–H groups in total. The molecule has 0 atom stereocenters. The first-order valence-electron chi connectivity index (χ1n) is 9.67. The lowest BCUT2D eigenvalue weighted by molar-refractivity contribution is -0.113. The van der Waals surface area contributed by atoms with Crippen molar-refractivity contribution in [3.63, 3.8) is 0 Å². The summed E-state index contributed by atoms with van der Waals surface area (Å²) in [6, 6.07) is 21.0. The van der Waals surface area contributed by atoms with Gasteiger partial charge in [-0.25, -0.2) is 0 Å². The number of nitrogens with zero attached hydrogens (tertiary/aromatic N) is 4. The number of anilines is 1. The lowest BCUT2D eigenvalue weighted by atomic mass is 10.2. The Morgan fingerprint density at radius 1 is 1.03 bits per heavy atom. The van der Waals surface area contributed by atoms with E-state index in [2.05, 4.69) is 20.5 Å². The standard InChI is InChI=1S/C23H21N5O2S/c1-30-20-11-9-17(10-12-20)15-28-22(18-6-5-13-24-14-18)26-27-23(28)31-16-21(29)25-19-7-3-2-4-8-19/h2-14H,15-16H2,1H3,(H,25,29). The van der Waals surface area contributed by atoms with Crippen LogP contribution in [0.2, 0.25) is 0 Å². The van der Waals surface area contributed by atoms with Crippen molar-refractivity contribution in [3.05, 3.63) is 84.7 Å². The van der Waals surface area contributed by atoms with Gasteiger partial charge < -0.3 is 10.1 Å². The van der Waals surface area contributed by atoms with Crippen molar-refractivity contribution in [1.29, 1.82) is 0 Å². The zero-order valence-corrected chi connectivity index (χ0v) is 17.7. The van der Waals surface area contributed by atoms with E-state index in [4.69, 9.17) is 4.74 Å². The van der Waals surface area contributed by atoms with Gasteiger partial charge in [-0.15, -0.1) is 10.2 Å². The summed E-state index contributed by atoms with van der Waals surface area (Å²) in [5.41, 5.74) is 2.70. The molecule has 0 spiro atoms. The van der Waals surface area contributed by atoms with E-state index in [1.165, 1.54) is 11.8 Å². The summed E-state index contributed by atoms with van der Waals surface area (Å²) in [5.74, 6) is 1.63. The van der Waals surface area contributed by atoms with E-state index < -0.39 is 0 Å². The highest BCUT2D eigenvalue weighted by Crippen LogP contribution is 2.25. The van der Waals surface area contributed by atoms with Gasteiger partial charge >= 0.3 is 0 Å². The molecule has 0 bridgehead atoms. The third kappa shape index (κ3) is 5.29. The summed E-state index contributed by atoms with van der Waals surface area (Å²) in [6.07, 6.45) is 3.47. The maximum absolute atomic E-state index is 12.4. The molecule has 1 amide bonds. The Labute approximate surface area is 184 Å². The monoisotopic (exact) mass is 431 g/mol. The van der Waals surface area contributed by atoms with Crippen LogP contribution in [-0.2, 0) is 11.3 Å². The molecule has 0 aliphatic rings. The molecule has 0 saturated heterocycles. The molecule has 2 aromatic heterocycles. The number of benzene rings is 2. The van der Waals surface area contributed by atoms with Crippen LogP contribution in [0.4, 0.5) is 5.69 Å². The number of thioether (sulfide) groups is 1. The lowest BCUT2D eigenvalue weighted by Crippen LogP contribution is -2.14. The zero-order chi connectivity index (χ0) is 21.5. The van der Waals surface area contributed by atoms with Gasteiger partial charge in [-0.2, -0.15) is 0 Å². The molecular weight excluding hydrogens is 410 g/mol. The Hall–Kier alpha value is -3.65. The lowest BCUT2D eigenvalue weighted by Gasteiger charge is -2.11. The average Bonchev–Trinajstić information content (AvgIpc) is 3.22. The largest absolute Gasteiger partial charge is 0.497 e. The second-order valence-electron chi connectivity index (χ2n) is 6.68. The predicted octanol–water partition coefficient (Wildman–Crippen LogP) is 4.13. The molecule has 0 radical (unpaired) electrons. The maximum Gasteiger partial charge on any atom is 0.234 e. The first kappa shape index (κ1) is 20.6. The number of nitrogens with one attached hydrogen (secondary N) is 1. The normalized spacial score (nSPS) is 10.6. The van der Waals surface area contributed by atoms with Gasteiger partial charge in [-0.1, -0.05) is 42.1 Å². The van der Waals surface area contributed by atoms with Crippen LogP contribution in [0.1, 0.15) is 5.56 Å². The number of hydrogen-bond donors (Lipinski definition) is 1. The fourth-order valence-corrected chi connectivity index (χ4v) is 3.75. The Bertz CT molecular complexity index is 1130. The molecule has 2 heterocycles. The molecule has 4 rings (SSSR count). The molecule has 4 aromatic rings. The maximum atomic E-state index is 12.4. The SMILES string of the molecule is COc1ccc(Cn2c(SCC(=O)Nc3ccccc3)nnc2-c2cccnc2)cc1. The molecule has 0 aliphatic carbocycles. The molecule has 8 heteroatoms. The molecule has 0 fully saturated rings. The minimum atomic E-state index is -0.0990. The summed E-state index contributed by atoms with van der Waals surface area (Å²) in [5, 5.41) is 12.3. The van der Waals surface area contributed by atoms with Crippen LogP contribution in [0.15, 0.2) is 84.3 Å². The predicted molar refractivity (Wildman–Crippen MR) is 121 cm³/mol. The van der Waals surface area contributed by atoms with Gasteiger partial charge in [0.2, 0.25) is 5.91 Å².